The SMILES string of the molecule is CC(C)N(Cc1cccn1Cc1ccccc1)C(=O)CN(C(=O)c1ccco1)C(C)C. The van der Waals surface area contributed by atoms with Gasteiger partial charge in [-0.05, 0) is 57.5 Å². The summed E-state index contributed by atoms with van der Waals surface area (Å²) >= 11 is 0. The fourth-order valence-corrected chi connectivity index (χ4v) is 3.53. The Morgan fingerprint density at radius 3 is 2.23 bits per heavy atom. The van der Waals surface area contributed by atoms with Gasteiger partial charge in [0.25, 0.3) is 5.91 Å². The highest BCUT2D eigenvalue weighted by molar-refractivity contribution is 5.94. The lowest BCUT2D eigenvalue weighted by Crippen LogP contribution is -2.47. The Hall–Kier alpha value is -3.28. The van der Waals surface area contributed by atoms with Gasteiger partial charge in [0.15, 0.2) is 5.76 Å². The van der Waals surface area contributed by atoms with Gasteiger partial charge in [0, 0.05) is 30.5 Å². The second kappa shape index (κ2) is 10.2. The second-order valence-electron chi connectivity index (χ2n) is 8.23. The molecule has 2 aromatic heterocycles. The number of amides is 2. The van der Waals surface area contributed by atoms with Crippen LogP contribution in [-0.4, -0.2) is 44.8 Å². The molecule has 0 atom stereocenters. The highest BCUT2D eigenvalue weighted by Crippen LogP contribution is 2.15. The van der Waals surface area contributed by atoms with E-state index in [0.717, 1.165) is 12.2 Å². The molecule has 31 heavy (non-hydrogen) atoms. The van der Waals surface area contributed by atoms with Crippen LogP contribution in [0.5, 0.6) is 0 Å². The van der Waals surface area contributed by atoms with E-state index in [1.807, 2.05) is 69.1 Å². The number of furan rings is 1. The Morgan fingerprint density at radius 2 is 1.61 bits per heavy atom. The van der Waals surface area contributed by atoms with Crippen LogP contribution in [0, 0.1) is 0 Å². The van der Waals surface area contributed by atoms with Gasteiger partial charge in [0.2, 0.25) is 5.91 Å². The second-order valence-corrected chi connectivity index (χ2v) is 8.23. The maximum atomic E-state index is 13.3. The highest BCUT2D eigenvalue weighted by atomic mass is 16.3. The molecular weight excluding hydrogens is 390 g/mol. The number of hydrogen-bond acceptors (Lipinski definition) is 3. The molecule has 2 amide bonds. The van der Waals surface area contributed by atoms with Crippen molar-refractivity contribution < 1.29 is 14.0 Å². The summed E-state index contributed by atoms with van der Waals surface area (Å²) in [5.74, 6) is -0.116. The molecule has 0 aliphatic carbocycles. The van der Waals surface area contributed by atoms with Crippen molar-refractivity contribution in [3.8, 4) is 0 Å². The first-order chi connectivity index (χ1) is 14.9. The molecule has 0 aliphatic rings. The Kier molecular flexibility index (Phi) is 7.34. The standard InChI is InChI=1S/C25H31N3O3/c1-19(2)27(17-22-12-8-14-26(22)16-21-10-6-5-7-11-21)24(29)18-28(20(3)4)25(30)23-13-9-15-31-23/h5-15,19-20H,16-18H2,1-4H3. The molecule has 3 rings (SSSR count). The van der Waals surface area contributed by atoms with Crippen LogP contribution in [0.1, 0.15) is 49.5 Å². The van der Waals surface area contributed by atoms with Gasteiger partial charge in [-0.15, -0.1) is 0 Å². The molecule has 1 aromatic carbocycles. The van der Waals surface area contributed by atoms with Crippen LogP contribution in [0.15, 0.2) is 71.5 Å². The number of rotatable bonds is 9. The van der Waals surface area contributed by atoms with Gasteiger partial charge in [-0.2, -0.15) is 0 Å². The van der Waals surface area contributed by atoms with E-state index in [1.54, 1.807) is 17.0 Å². The summed E-state index contributed by atoms with van der Waals surface area (Å²) in [5, 5.41) is 0. The molecule has 0 spiro atoms. The molecule has 2 heterocycles. The van der Waals surface area contributed by atoms with Crippen LogP contribution in [0.25, 0.3) is 0 Å². The zero-order valence-corrected chi connectivity index (χ0v) is 18.7. The largest absolute Gasteiger partial charge is 0.459 e. The number of carbonyl (C=O) groups is 2. The van der Waals surface area contributed by atoms with E-state index >= 15 is 0 Å². The fourth-order valence-electron chi connectivity index (χ4n) is 3.53. The number of benzene rings is 1. The maximum Gasteiger partial charge on any atom is 0.290 e. The molecule has 0 N–H and O–H groups in total. The fraction of sp³-hybridized carbons (Fsp3) is 0.360. The van der Waals surface area contributed by atoms with Crippen LogP contribution in [0.2, 0.25) is 0 Å². The van der Waals surface area contributed by atoms with Gasteiger partial charge in [0.1, 0.15) is 6.54 Å². The van der Waals surface area contributed by atoms with Crippen molar-refractivity contribution in [2.24, 2.45) is 0 Å². The summed E-state index contributed by atoms with van der Waals surface area (Å²) in [7, 11) is 0. The molecule has 0 aliphatic heterocycles. The molecule has 0 fully saturated rings. The zero-order valence-electron chi connectivity index (χ0n) is 18.7. The van der Waals surface area contributed by atoms with Crippen molar-refractivity contribution in [3.63, 3.8) is 0 Å². The van der Waals surface area contributed by atoms with E-state index in [4.69, 9.17) is 4.42 Å². The quantitative estimate of drug-likeness (QED) is 0.514. The Balaban J connectivity index is 1.74. The summed E-state index contributed by atoms with van der Waals surface area (Å²) in [6.45, 7) is 9.04. The third-order valence-electron chi connectivity index (χ3n) is 5.32. The molecule has 6 heteroatoms. The van der Waals surface area contributed by atoms with E-state index in [0.29, 0.717) is 6.54 Å². The van der Waals surface area contributed by atoms with E-state index in [1.165, 1.54) is 11.8 Å². The normalized spacial score (nSPS) is 11.2. The minimum absolute atomic E-state index is 0.000280. The molecule has 3 aromatic rings. The smallest absolute Gasteiger partial charge is 0.290 e. The molecule has 0 unspecified atom stereocenters. The van der Waals surface area contributed by atoms with Crippen LogP contribution in [-0.2, 0) is 17.9 Å². The van der Waals surface area contributed by atoms with Crippen molar-refractivity contribution in [3.05, 3.63) is 84.1 Å². The van der Waals surface area contributed by atoms with Gasteiger partial charge in [0.05, 0.1) is 12.8 Å². The number of aromatic nitrogens is 1. The van der Waals surface area contributed by atoms with Crippen molar-refractivity contribution in [1.82, 2.24) is 14.4 Å². The highest BCUT2D eigenvalue weighted by Gasteiger charge is 2.27. The average Bonchev–Trinajstić information content (AvgIpc) is 3.42. The van der Waals surface area contributed by atoms with Crippen LogP contribution < -0.4 is 0 Å². The molecular formula is C25H31N3O3. The average molecular weight is 422 g/mol. The molecule has 0 saturated carbocycles. The van der Waals surface area contributed by atoms with Crippen LogP contribution in [0.3, 0.4) is 0 Å². The lowest BCUT2D eigenvalue weighted by Gasteiger charge is -2.32. The van der Waals surface area contributed by atoms with Gasteiger partial charge in [-0.1, -0.05) is 30.3 Å². The number of hydrogen-bond donors (Lipinski definition) is 0. The van der Waals surface area contributed by atoms with E-state index < -0.39 is 0 Å². The summed E-state index contributed by atoms with van der Waals surface area (Å²) in [6.07, 6.45) is 3.50. The van der Waals surface area contributed by atoms with Crippen molar-refractivity contribution in [2.75, 3.05) is 6.54 Å². The van der Waals surface area contributed by atoms with Crippen LogP contribution in [0.4, 0.5) is 0 Å². The molecule has 6 nitrogen and oxygen atoms in total. The lowest BCUT2D eigenvalue weighted by atomic mass is 10.2. The van der Waals surface area contributed by atoms with Gasteiger partial charge in [-0.25, -0.2) is 0 Å². The van der Waals surface area contributed by atoms with Gasteiger partial charge >= 0.3 is 0 Å². The van der Waals surface area contributed by atoms with Gasteiger partial charge in [-0.3, -0.25) is 9.59 Å². The van der Waals surface area contributed by atoms with Crippen molar-refractivity contribution >= 4 is 11.8 Å². The third-order valence-corrected chi connectivity index (χ3v) is 5.32. The first-order valence-corrected chi connectivity index (χ1v) is 10.7. The molecule has 0 radical (unpaired) electrons. The minimum atomic E-state index is -0.274. The summed E-state index contributed by atoms with van der Waals surface area (Å²) < 4.78 is 7.41. The topological polar surface area (TPSA) is 58.7 Å². The third kappa shape index (κ3) is 5.66. The predicted molar refractivity (Wildman–Crippen MR) is 121 cm³/mol. The minimum Gasteiger partial charge on any atom is -0.459 e. The first-order valence-electron chi connectivity index (χ1n) is 10.7. The van der Waals surface area contributed by atoms with E-state index in [-0.39, 0.29) is 36.2 Å². The Labute approximate surface area is 184 Å². The Morgan fingerprint density at radius 1 is 0.903 bits per heavy atom. The van der Waals surface area contributed by atoms with E-state index in [2.05, 4.69) is 16.7 Å². The summed E-state index contributed by atoms with van der Waals surface area (Å²) in [4.78, 5) is 29.4. The maximum absolute atomic E-state index is 13.3. The van der Waals surface area contributed by atoms with E-state index in [9.17, 15) is 9.59 Å². The Bertz CT molecular complexity index is 975. The number of nitrogens with zero attached hydrogens (tertiary/aromatic N) is 3. The van der Waals surface area contributed by atoms with Gasteiger partial charge < -0.3 is 18.8 Å². The molecule has 0 bridgehead atoms. The monoisotopic (exact) mass is 421 g/mol. The van der Waals surface area contributed by atoms with Crippen molar-refractivity contribution in [1.29, 1.82) is 0 Å². The molecule has 164 valence electrons. The predicted octanol–water partition coefficient (Wildman–Crippen LogP) is 4.42. The summed E-state index contributed by atoms with van der Waals surface area (Å²) in [6, 6.07) is 17.5. The number of carbonyl (C=O) groups excluding carboxylic acids is 2. The van der Waals surface area contributed by atoms with Crippen LogP contribution >= 0.6 is 0 Å². The zero-order chi connectivity index (χ0) is 22.4. The van der Waals surface area contributed by atoms with Crippen molar-refractivity contribution in [2.45, 2.75) is 52.9 Å². The first kappa shape index (κ1) is 22.4. The molecule has 0 saturated heterocycles. The summed E-state index contributed by atoms with van der Waals surface area (Å²) in [5.41, 5.74) is 2.26. The lowest BCUT2D eigenvalue weighted by molar-refractivity contribution is -0.134.